The van der Waals surface area contributed by atoms with E-state index in [9.17, 15) is 14.9 Å². The molecule has 2 aromatic carbocycles. The molecule has 0 amide bonds. The van der Waals surface area contributed by atoms with Gasteiger partial charge in [-0.25, -0.2) is 0 Å². The number of ketones is 1. The summed E-state index contributed by atoms with van der Waals surface area (Å²) in [5.41, 5.74) is 1.06. The van der Waals surface area contributed by atoms with Gasteiger partial charge in [0.1, 0.15) is 12.4 Å². The standard InChI is InChI=1S/C15H12INO4/c1-10(18)14-8-13(17(19)20)6-7-15(14)21-9-11-2-4-12(16)5-3-11/h2-8H,9H2,1H3. The van der Waals surface area contributed by atoms with Crippen molar-refractivity contribution in [3.63, 3.8) is 0 Å². The van der Waals surface area contributed by atoms with Gasteiger partial charge in [-0.2, -0.15) is 0 Å². The van der Waals surface area contributed by atoms with E-state index in [0.717, 1.165) is 9.13 Å². The first-order valence-electron chi connectivity index (χ1n) is 6.14. The molecule has 0 saturated carbocycles. The molecule has 0 aliphatic heterocycles. The lowest BCUT2D eigenvalue weighted by Crippen LogP contribution is -2.03. The van der Waals surface area contributed by atoms with Crippen molar-refractivity contribution in [2.75, 3.05) is 0 Å². The van der Waals surface area contributed by atoms with Gasteiger partial charge in [-0.15, -0.1) is 0 Å². The molecule has 0 aromatic heterocycles. The molecule has 2 rings (SSSR count). The third kappa shape index (κ3) is 4.01. The SMILES string of the molecule is CC(=O)c1cc([N+](=O)[O-])ccc1OCc1ccc(I)cc1. The Balaban J connectivity index is 2.21. The highest BCUT2D eigenvalue weighted by molar-refractivity contribution is 14.1. The number of nitro benzene ring substituents is 1. The summed E-state index contributed by atoms with van der Waals surface area (Å²) in [6, 6.07) is 11.8. The second kappa shape index (κ2) is 6.66. The first-order valence-corrected chi connectivity index (χ1v) is 7.22. The van der Waals surface area contributed by atoms with Gasteiger partial charge in [-0.3, -0.25) is 14.9 Å². The van der Waals surface area contributed by atoms with E-state index in [2.05, 4.69) is 22.6 Å². The minimum absolute atomic E-state index is 0.123. The molecule has 0 saturated heterocycles. The zero-order valence-corrected chi connectivity index (χ0v) is 13.4. The summed E-state index contributed by atoms with van der Waals surface area (Å²) in [6.45, 7) is 1.66. The number of rotatable bonds is 5. The number of benzene rings is 2. The van der Waals surface area contributed by atoms with Crippen LogP contribution in [0.2, 0.25) is 0 Å². The summed E-state index contributed by atoms with van der Waals surface area (Å²) in [6.07, 6.45) is 0. The molecule has 0 aliphatic rings. The van der Waals surface area contributed by atoms with Crippen LogP contribution in [-0.2, 0) is 6.61 Å². The molecule has 2 aromatic rings. The van der Waals surface area contributed by atoms with Crippen molar-refractivity contribution in [3.05, 3.63) is 67.3 Å². The number of hydrogen-bond donors (Lipinski definition) is 0. The quantitative estimate of drug-likeness (QED) is 0.331. The molecule has 0 atom stereocenters. The summed E-state index contributed by atoms with van der Waals surface area (Å²) in [5, 5.41) is 10.8. The highest BCUT2D eigenvalue weighted by Crippen LogP contribution is 2.25. The smallest absolute Gasteiger partial charge is 0.270 e. The lowest BCUT2D eigenvalue weighted by Gasteiger charge is -2.10. The van der Waals surface area contributed by atoms with E-state index in [-0.39, 0.29) is 17.0 Å². The van der Waals surface area contributed by atoms with Crippen LogP contribution in [0.5, 0.6) is 5.75 Å². The van der Waals surface area contributed by atoms with Gasteiger partial charge in [0.2, 0.25) is 0 Å². The van der Waals surface area contributed by atoms with Crippen molar-refractivity contribution in [1.82, 2.24) is 0 Å². The maximum absolute atomic E-state index is 11.6. The predicted octanol–water partition coefficient (Wildman–Crippen LogP) is 3.98. The van der Waals surface area contributed by atoms with Crippen molar-refractivity contribution in [2.45, 2.75) is 13.5 Å². The number of non-ortho nitro benzene ring substituents is 1. The molecular weight excluding hydrogens is 385 g/mol. The Kier molecular flexibility index (Phi) is 4.89. The number of hydrogen-bond acceptors (Lipinski definition) is 4. The Morgan fingerprint density at radius 3 is 2.48 bits per heavy atom. The second-order valence-corrected chi connectivity index (χ2v) is 5.65. The van der Waals surface area contributed by atoms with Gasteiger partial charge >= 0.3 is 0 Å². The fourth-order valence-corrected chi connectivity index (χ4v) is 2.13. The van der Waals surface area contributed by atoms with Crippen molar-refractivity contribution in [3.8, 4) is 5.75 Å². The zero-order valence-electron chi connectivity index (χ0n) is 11.2. The van der Waals surface area contributed by atoms with E-state index < -0.39 is 4.92 Å². The molecule has 108 valence electrons. The van der Waals surface area contributed by atoms with Crippen LogP contribution in [-0.4, -0.2) is 10.7 Å². The van der Waals surface area contributed by atoms with E-state index in [1.807, 2.05) is 24.3 Å². The fourth-order valence-electron chi connectivity index (χ4n) is 1.77. The fraction of sp³-hybridized carbons (Fsp3) is 0.133. The molecule has 0 N–H and O–H groups in total. The maximum atomic E-state index is 11.6. The van der Waals surface area contributed by atoms with Crippen LogP contribution in [0.25, 0.3) is 0 Å². The normalized spacial score (nSPS) is 10.2. The summed E-state index contributed by atoms with van der Waals surface area (Å²) < 4.78 is 6.73. The average molecular weight is 397 g/mol. The minimum atomic E-state index is -0.532. The first-order chi connectivity index (χ1) is 9.97. The van der Waals surface area contributed by atoms with Gasteiger partial charge in [0, 0.05) is 15.7 Å². The Hall–Kier alpha value is -1.96. The van der Waals surface area contributed by atoms with Crippen LogP contribution in [0.4, 0.5) is 5.69 Å². The van der Waals surface area contributed by atoms with E-state index in [4.69, 9.17) is 4.74 Å². The largest absolute Gasteiger partial charge is 0.488 e. The van der Waals surface area contributed by atoms with E-state index >= 15 is 0 Å². The van der Waals surface area contributed by atoms with Gasteiger partial charge < -0.3 is 4.74 Å². The molecule has 0 bridgehead atoms. The number of carbonyl (C=O) groups excluding carboxylic acids is 1. The highest BCUT2D eigenvalue weighted by atomic mass is 127. The van der Waals surface area contributed by atoms with E-state index in [1.165, 1.54) is 25.1 Å². The molecule has 0 radical (unpaired) electrons. The number of halogens is 1. The summed E-state index contributed by atoms with van der Waals surface area (Å²) in [7, 11) is 0. The Bertz CT molecular complexity index is 683. The molecule has 0 aliphatic carbocycles. The number of ether oxygens (including phenoxy) is 1. The summed E-state index contributed by atoms with van der Waals surface area (Å²) >= 11 is 2.21. The van der Waals surface area contributed by atoms with Crippen LogP contribution in [0.1, 0.15) is 22.8 Å². The minimum Gasteiger partial charge on any atom is -0.488 e. The molecule has 0 spiro atoms. The molecule has 0 heterocycles. The molecule has 6 heteroatoms. The average Bonchev–Trinajstić information content (AvgIpc) is 2.46. The second-order valence-electron chi connectivity index (χ2n) is 4.41. The van der Waals surface area contributed by atoms with E-state index in [0.29, 0.717) is 12.4 Å². The van der Waals surface area contributed by atoms with Crippen molar-refractivity contribution in [2.24, 2.45) is 0 Å². The third-order valence-electron chi connectivity index (χ3n) is 2.86. The number of nitro groups is 1. The van der Waals surface area contributed by atoms with Crippen molar-refractivity contribution < 1.29 is 14.5 Å². The monoisotopic (exact) mass is 397 g/mol. The Morgan fingerprint density at radius 2 is 1.90 bits per heavy atom. The third-order valence-corrected chi connectivity index (χ3v) is 3.58. The maximum Gasteiger partial charge on any atom is 0.270 e. The molecule has 0 unspecified atom stereocenters. The van der Waals surface area contributed by atoms with Crippen LogP contribution >= 0.6 is 22.6 Å². The van der Waals surface area contributed by atoms with E-state index in [1.54, 1.807) is 0 Å². The van der Waals surface area contributed by atoms with Crippen LogP contribution in [0.3, 0.4) is 0 Å². The number of Topliss-reactive ketones (excluding diaryl/α,β-unsaturated/α-hetero) is 1. The van der Waals surface area contributed by atoms with Gasteiger partial charge in [0.15, 0.2) is 5.78 Å². The molecule has 0 fully saturated rings. The van der Waals surface area contributed by atoms with Crippen molar-refractivity contribution >= 4 is 34.1 Å². The lowest BCUT2D eigenvalue weighted by atomic mass is 10.1. The Labute approximate surface area is 135 Å². The van der Waals surface area contributed by atoms with Crippen LogP contribution < -0.4 is 4.74 Å². The number of carbonyl (C=O) groups is 1. The zero-order chi connectivity index (χ0) is 15.4. The van der Waals surface area contributed by atoms with Gasteiger partial charge in [0.05, 0.1) is 10.5 Å². The van der Waals surface area contributed by atoms with Crippen LogP contribution in [0.15, 0.2) is 42.5 Å². The first kappa shape index (κ1) is 15.4. The molecular formula is C15H12INO4. The summed E-state index contributed by atoms with van der Waals surface area (Å²) in [5.74, 6) is 0.0861. The Morgan fingerprint density at radius 1 is 1.24 bits per heavy atom. The topological polar surface area (TPSA) is 69.4 Å². The number of nitrogens with zero attached hydrogens (tertiary/aromatic N) is 1. The predicted molar refractivity (Wildman–Crippen MR) is 86.6 cm³/mol. The molecule has 5 nitrogen and oxygen atoms in total. The van der Waals surface area contributed by atoms with Crippen molar-refractivity contribution in [1.29, 1.82) is 0 Å². The lowest BCUT2D eigenvalue weighted by molar-refractivity contribution is -0.384. The molecule has 21 heavy (non-hydrogen) atoms. The van der Waals surface area contributed by atoms with Crippen LogP contribution in [0, 0.1) is 13.7 Å². The van der Waals surface area contributed by atoms with Gasteiger partial charge in [-0.05, 0) is 53.3 Å². The van der Waals surface area contributed by atoms with Gasteiger partial charge in [-0.1, -0.05) is 12.1 Å². The van der Waals surface area contributed by atoms with Gasteiger partial charge in [0.25, 0.3) is 5.69 Å². The highest BCUT2D eigenvalue weighted by Gasteiger charge is 2.15. The summed E-state index contributed by atoms with van der Waals surface area (Å²) in [4.78, 5) is 21.8.